The van der Waals surface area contributed by atoms with E-state index in [-0.39, 0.29) is 54.3 Å². The minimum Gasteiger partial charge on any atom is -0.464 e. The lowest BCUT2D eigenvalue weighted by Crippen LogP contribution is -2.63. The number of morpholine rings is 1. The maximum atomic E-state index is 14.9. The number of aliphatic imine (C=N–C) groups is 1. The molecule has 2 N–H and O–H groups in total. The molecule has 15 nitrogen and oxygen atoms in total. The summed E-state index contributed by atoms with van der Waals surface area (Å²) in [6.07, 6.45) is 7.08. The van der Waals surface area contributed by atoms with Crippen LogP contribution in [-0.4, -0.2) is 130 Å². The molecule has 4 fully saturated rings. The number of aryl methyl sites for hydroxylation is 1. The van der Waals surface area contributed by atoms with Gasteiger partial charge in [0.1, 0.15) is 23.2 Å². The first-order valence-corrected chi connectivity index (χ1v) is 26.6. The van der Waals surface area contributed by atoms with E-state index < -0.39 is 29.6 Å². The standard InChI is InChI=1S/C54H70N8O7S/c1-8-61-44-16-15-34-24-38(44)41(48(61)40-25-35(28-56-45(40)31(3)66-7)33-17-20-60-21-22-67-29-36(60)23-33)27-54(5,6)30-69-53(65)43-14-12-19-62(59-43)52(64)47(49(68-9-2)51-58-46(34)32(4)70-51)57-50(63)39-26-37(39)42-13-10-11-18-55-42/h10-11,13,15-16,18,24-25,28,31-33,36-37,39,43,46-47,49,59H,8-9,12,14,17,19-23,26-27,29-30H2,1-7H3,(H,57,63)/t31-,32?,33+,36?,37+,39+,43-,46?,47-,49-/m0/s1. The van der Waals surface area contributed by atoms with E-state index in [1.807, 2.05) is 25.1 Å². The number of thioether (sulfide) groups is 1. The van der Waals surface area contributed by atoms with Crippen molar-refractivity contribution in [3.8, 4) is 11.3 Å². The van der Waals surface area contributed by atoms with Crippen molar-refractivity contribution in [2.24, 2.45) is 16.3 Å². The number of carbonyl (C=O) groups is 3. The van der Waals surface area contributed by atoms with Gasteiger partial charge in [-0.15, -0.1) is 11.8 Å². The zero-order valence-electron chi connectivity index (χ0n) is 41.8. The van der Waals surface area contributed by atoms with Crippen LogP contribution in [-0.2, 0) is 46.3 Å². The predicted molar refractivity (Wildman–Crippen MR) is 270 cm³/mol. The summed E-state index contributed by atoms with van der Waals surface area (Å²) in [6, 6.07) is 13.1. The topological polar surface area (TPSA) is 162 Å². The van der Waals surface area contributed by atoms with Crippen LogP contribution in [0.2, 0.25) is 0 Å². The number of hydrazine groups is 1. The molecule has 10 atom stereocenters. The largest absolute Gasteiger partial charge is 0.464 e. The van der Waals surface area contributed by atoms with Gasteiger partial charge in [-0.05, 0) is 119 Å². The molecule has 374 valence electrons. The molecular weight excluding hydrogens is 905 g/mol. The smallest absolute Gasteiger partial charge is 0.324 e. The maximum absolute atomic E-state index is 14.9. The molecule has 0 spiro atoms. The molecule has 1 aliphatic carbocycles. The van der Waals surface area contributed by atoms with Gasteiger partial charge in [0.25, 0.3) is 5.91 Å². The average molecular weight is 975 g/mol. The van der Waals surface area contributed by atoms with Crippen molar-refractivity contribution in [2.45, 2.75) is 140 Å². The van der Waals surface area contributed by atoms with Crippen LogP contribution in [0.25, 0.3) is 22.2 Å². The average Bonchev–Trinajstić information content (AvgIpc) is 4.02. The number of methoxy groups -OCH3 is 1. The number of benzene rings is 1. The zero-order valence-corrected chi connectivity index (χ0v) is 42.6. The van der Waals surface area contributed by atoms with Crippen molar-refractivity contribution in [3.05, 3.63) is 82.9 Å². The Bertz CT molecular complexity index is 2620. The summed E-state index contributed by atoms with van der Waals surface area (Å²) in [4.78, 5) is 61.1. The molecule has 6 aliphatic rings. The Morgan fingerprint density at radius 3 is 2.70 bits per heavy atom. The number of pyridine rings is 2. The normalized spacial score (nSPS) is 29.7. The van der Waals surface area contributed by atoms with Crippen molar-refractivity contribution in [3.63, 3.8) is 0 Å². The molecule has 0 radical (unpaired) electrons. The van der Waals surface area contributed by atoms with Crippen LogP contribution in [0.4, 0.5) is 0 Å². The number of piperidine rings is 1. The number of fused-ring (bicyclic) bond motifs is 6. The van der Waals surface area contributed by atoms with Gasteiger partial charge >= 0.3 is 5.97 Å². The molecule has 8 heterocycles. The first-order valence-electron chi connectivity index (χ1n) is 25.7. The molecule has 1 aromatic carbocycles. The van der Waals surface area contributed by atoms with E-state index in [9.17, 15) is 14.4 Å². The van der Waals surface area contributed by atoms with Crippen molar-refractivity contribution in [1.82, 2.24) is 35.2 Å². The second-order valence-corrected chi connectivity index (χ2v) is 22.4. The van der Waals surface area contributed by atoms with E-state index in [1.54, 1.807) is 25.1 Å². The summed E-state index contributed by atoms with van der Waals surface area (Å²) in [7, 11) is 1.74. The summed E-state index contributed by atoms with van der Waals surface area (Å²) >= 11 is 1.59. The molecular formula is C54H70N8O7S. The van der Waals surface area contributed by atoms with Crippen molar-refractivity contribution >= 4 is 45.5 Å². The highest BCUT2D eigenvalue weighted by atomic mass is 32.2. The van der Waals surface area contributed by atoms with Gasteiger partial charge < -0.3 is 28.8 Å². The minimum atomic E-state index is -1.11. The zero-order chi connectivity index (χ0) is 48.8. The molecule has 2 amide bonds. The fraction of sp³-hybridized carbons (Fsp3) is 0.593. The quantitative estimate of drug-likeness (QED) is 0.153. The number of esters is 1. The number of cyclic esters (lactones) is 1. The highest BCUT2D eigenvalue weighted by Crippen LogP contribution is 2.48. The summed E-state index contributed by atoms with van der Waals surface area (Å²) in [5.41, 5.74) is 11.2. The number of rotatable bonds is 10. The minimum absolute atomic E-state index is 0.00642. The van der Waals surface area contributed by atoms with E-state index in [1.165, 1.54) is 10.6 Å². The number of nitrogens with zero attached hydrogens (tertiary/aromatic N) is 6. The van der Waals surface area contributed by atoms with E-state index in [4.69, 9.17) is 28.9 Å². The Morgan fingerprint density at radius 1 is 1.06 bits per heavy atom. The Balaban J connectivity index is 1.08. The highest BCUT2D eigenvalue weighted by Gasteiger charge is 2.49. The fourth-order valence-corrected chi connectivity index (χ4v) is 12.9. The summed E-state index contributed by atoms with van der Waals surface area (Å²) in [5.74, 6) is -1.05. The Hall–Kier alpha value is -4.71. The molecule has 6 bridgehead atoms. The summed E-state index contributed by atoms with van der Waals surface area (Å²) in [5, 5.41) is 6.40. The van der Waals surface area contributed by atoms with Gasteiger partial charge in [0.2, 0.25) is 5.91 Å². The molecule has 3 aromatic heterocycles. The fourth-order valence-electron chi connectivity index (χ4n) is 11.7. The third kappa shape index (κ3) is 9.68. The molecule has 16 heteroatoms. The van der Waals surface area contributed by atoms with Crippen LogP contribution >= 0.6 is 11.8 Å². The van der Waals surface area contributed by atoms with Crippen LogP contribution in [0, 0.1) is 11.3 Å². The molecule has 3 unspecified atom stereocenters. The van der Waals surface area contributed by atoms with Gasteiger partial charge in [0.05, 0.1) is 43.4 Å². The third-order valence-electron chi connectivity index (χ3n) is 15.6. The van der Waals surface area contributed by atoms with Crippen molar-refractivity contribution < 1.29 is 33.3 Å². The number of carbonyl (C=O) groups excluding carboxylic acids is 3. The first kappa shape index (κ1) is 48.9. The third-order valence-corrected chi connectivity index (χ3v) is 16.8. The lowest BCUT2D eigenvalue weighted by molar-refractivity contribution is -0.156. The van der Waals surface area contributed by atoms with Gasteiger partial charge in [-0.3, -0.25) is 39.3 Å². The maximum Gasteiger partial charge on any atom is 0.324 e. The van der Waals surface area contributed by atoms with Gasteiger partial charge in [0.15, 0.2) is 0 Å². The SMILES string of the molecule is CCO[C@@H]1C2=NC(c3ccc4c(c3)c(c(-c3cc([C@@H]5CCN6CCOCC6C5)cnc3[C@H](C)OC)n4CC)CC(C)(C)COC(=O)[C@@H]3CCCN(N3)C(=O)[C@H]1NC(=O)[C@@H]1C[C@H]1c1ccccn1)C(C)S2. The van der Waals surface area contributed by atoms with Crippen LogP contribution < -0.4 is 10.7 Å². The van der Waals surface area contributed by atoms with Gasteiger partial charge in [0, 0.05) is 96.4 Å². The summed E-state index contributed by atoms with van der Waals surface area (Å²) < 4.78 is 27.2. The Kier molecular flexibility index (Phi) is 14.3. The number of amides is 2. The number of hydrogen-bond donors (Lipinski definition) is 2. The van der Waals surface area contributed by atoms with Crippen LogP contribution in [0.3, 0.4) is 0 Å². The Morgan fingerprint density at radius 2 is 1.91 bits per heavy atom. The van der Waals surface area contributed by atoms with E-state index in [0.29, 0.717) is 55.8 Å². The van der Waals surface area contributed by atoms with Gasteiger partial charge in [-0.2, -0.15) is 0 Å². The predicted octanol–water partition coefficient (Wildman–Crippen LogP) is 7.29. The number of hydrogen-bond acceptors (Lipinski definition) is 13. The molecule has 1 saturated carbocycles. The number of aromatic nitrogens is 3. The van der Waals surface area contributed by atoms with E-state index >= 15 is 0 Å². The molecule has 3 saturated heterocycles. The molecule has 70 heavy (non-hydrogen) atoms. The van der Waals surface area contributed by atoms with Crippen LogP contribution in [0.15, 0.2) is 59.9 Å². The monoisotopic (exact) mass is 975 g/mol. The number of ether oxygens (including phenoxy) is 4. The van der Waals surface area contributed by atoms with Gasteiger partial charge in [-0.1, -0.05) is 32.9 Å². The lowest BCUT2D eigenvalue weighted by atomic mass is 9.82. The van der Waals surface area contributed by atoms with Crippen LogP contribution in [0.1, 0.15) is 126 Å². The van der Waals surface area contributed by atoms with Gasteiger partial charge in [-0.25, -0.2) is 5.43 Å². The van der Waals surface area contributed by atoms with E-state index in [0.717, 1.165) is 83.8 Å². The highest BCUT2D eigenvalue weighted by molar-refractivity contribution is 8.14. The second-order valence-electron chi connectivity index (χ2n) is 21.0. The molecule has 5 aliphatic heterocycles. The van der Waals surface area contributed by atoms with Crippen molar-refractivity contribution in [2.75, 3.05) is 53.2 Å². The van der Waals surface area contributed by atoms with Crippen LogP contribution in [0.5, 0.6) is 0 Å². The number of nitrogens with one attached hydrogen (secondary N) is 2. The van der Waals surface area contributed by atoms with Crippen molar-refractivity contribution in [1.29, 1.82) is 0 Å². The molecule has 10 rings (SSSR count). The second kappa shape index (κ2) is 20.4. The summed E-state index contributed by atoms with van der Waals surface area (Å²) in [6.45, 7) is 17.7. The lowest BCUT2D eigenvalue weighted by Gasteiger charge is -2.42. The van der Waals surface area contributed by atoms with E-state index in [2.05, 4.69) is 90.3 Å². The first-order chi connectivity index (χ1) is 33.9. The Labute approximate surface area is 416 Å². The molecule has 4 aromatic rings.